The number of thiazole rings is 1. The molecule has 0 spiro atoms. The summed E-state index contributed by atoms with van der Waals surface area (Å²) >= 11 is 0.837. The highest BCUT2D eigenvalue weighted by Gasteiger charge is 2.34. The molecule has 0 unspecified atom stereocenters. The highest BCUT2D eigenvalue weighted by Crippen LogP contribution is 2.38. The summed E-state index contributed by atoms with van der Waals surface area (Å²) in [6.07, 6.45) is -4.59. The number of nitrogen functional groups attached to an aromatic ring is 1. The molecule has 86 valence electrons. The number of hydrogen-bond donors (Lipinski definition) is 1. The molecule has 1 aromatic carbocycles. The van der Waals surface area contributed by atoms with Crippen LogP contribution in [0.5, 0.6) is 0 Å². The van der Waals surface area contributed by atoms with E-state index in [4.69, 9.17) is 5.73 Å². The summed E-state index contributed by atoms with van der Waals surface area (Å²) in [5.74, 6) is -0.942. The predicted octanol–water partition coefficient (Wildman–Crippen LogP) is 3.34. The summed E-state index contributed by atoms with van der Waals surface area (Å²) in [7, 11) is 0. The van der Waals surface area contributed by atoms with E-state index in [0.717, 1.165) is 11.3 Å². The predicted molar refractivity (Wildman–Crippen MR) is 53.7 cm³/mol. The molecule has 0 saturated heterocycles. The average molecular weight is 250 g/mol. The molecule has 0 aliphatic rings. The fourth-order valence-corrected chi connectivity index (χ4v) is 2.27. The molecule has 0 atom stereocenters. The molecule has 2 N–H and O–H groups in total. The van der Waals surface area contributed by atoms with E-state index in [1.54, 1.807) is 0 Å². The van der Waals surface area contributed by atoms with Crippen LogP contribution >= 0.6 is 11.3 Å². The second-order valence-electron chi connectivity index (χ2n) is 3.26. The zero-order chi connectivity index (χ0) is 12.1. The number of aryl methyl sites for hydroxylation is 1. The maximum Gasteiger partial charge on any atom is 0.416 e. The van der Waals surface area contributed by atoms with Crippen molar-refractivity contribution in [2.45, 2.75) is 13.1 Å². The van der Waals surface area contributed by atoms with Gasteiger partial charge in [-0.2, -0.15) is 13.2 Å². The van der Waals surface area contributed by atoms with Crippen LogP contribution in [0.1, 0.15) is 11.1 Å². The summed E-state index contributed by atoms with van der Waals surface area (Å²) in [6, 6.07) is 0.481. The first-order valence-electron chi connectivity index (χ1n) is 4.23. The van der Waals surface area contributed by atoms with Crippen molar-refractivity contribution < 1.29 is 17.6 Å². The fraction of sp³-hybridized carbons (Fsp3) is 0.222. The van der Waals surface area contributed by atoms with Gasteiger partial charge < -0.3 is 5.73 Å². The highest BCUT2D eigenvalue weighted by molar-refractivity contribution is 7.22. The van der Waals surface area contributed by atoms with Gasteiger partial charge in [0.25, 0.3) is 0 Å². The molecule has 0 fully saturated rings. The first kappa shape index (κ1) is 11.1. The molecule has 0 bridgehead atoms. The van der Waals surface area contributed by atoms with Crippen LogP contribution in [0.15, 0.2) is 6.07 Å². The van der Waals surface area contributed by atoms with Crippen LogP contribution in [0.4, 0.5) is 22.7 Å². The number of fused-ring (bicyclic) bond motifs is 1. The summed E-state index contributed by atoms with van der Waals surface area (Å²) in [5.41, 5.74) is 4.22. The highest BCUT2D eigenvalue weighted by atomic mass is 32.1. The Hall–Kier alpha value is -1.37. The molecule has 0 saturated carbocycles. The van der Waals surface area contributed by atoms with Crippen LogP contribution in [0.2, 0.25) is 0 Å². The zero-order valence-electron chi connectivity index (χ0n) is 8.02. The van der Waals surface area contributed by atoms with Gasteiger partial charge in [-0.3, -0.25) is 0 Å². The number of nitrogens with two attached hydrogens (primary N) is 1. The van der Waals surface area contributed by atoms with Crippen molar-refractivity contribution in [3.8, 4) is 0 Å². The molecule has 2 aromatic rings. The fourth-order valence-electron chi connectivity index (χ4n) is 1.48. The molecular formula is C9H6F4N2S. The topological polar surface area (TPSA) is 38.9 Å². The molecule has 7 heteroatoms. The standard InChI is InChI=1S/C9H6F4N2S/c1-3-4(9(11,12)13)2-5(10)7-6(3)15-8(14)16-7/h2H,1H3,(H2,14,15). The van der Waals surface area contributed by atoms with E-state index in [9.17, 15) is 17.6 Å². The van der Waals surface area contributed by atoms with Crippen molar-refractivity contribution >= 4 is 26.7 Å². The second kappa shape index (κ2) is 3.31. The molecule has 2 nitrogen and oxygen atoms in total. The number of aromatic nitrogens is 1. The maximum atomic E-state index is 13.4. The Labute approximate surface area is 91.7 Å². The lowest BCUT2D eigenvalue weighted by Gasteiger charge is -2.10. The first-order valence-corrected chi connectivity index (χ1v) is 5.04. The van der Waals surface area contributed by atoms with Crippen LogP contribution in [0, 0.1) is 12.7 Å². The lowest BCUT2D eigenvalue weighted by Crippen LogP contribution is -2.08. The number of anilines is 1. The van der Waals surface area contributed by atoms with Crippen LogP contribution in [0.3, 0.4) is 0 Å². The molecule has 16 heavy (non-hydrogen) atoms. The van der Waals surface area contributed by atoms with E-state index >= 15 is 0 Å². The Morgan fingerprint density at radius 2 is 2.00 bits per heavy atom. The minimum absolute atomic E-state index is 0.0187. The smallest absolute Gasteiger partial charge is 0.375 e. The van der Waals surface area contributed by atoms with Crippen molar-refractivity contribution in [3.63, 3.8) is 0 Å². The monoisotopic (exact) mass is 250 g/mol. The summed E-state index contributed by atoms with van der Waals surface area (Å²) in [4.78, 5) is 3.70. The van der Waals surface area contributed by atoms with Crippen LogP contribution in [-0.2, 0) is 6.18 Å². The van der Waals surface area contributed by atoms with Crippen molar-refractivity contribution in [3.05, 3.63) is 23.0 Å². The minimum atomic E-state index is -4.59. The Bertz CT molecular complexity index is 559. The number of alkyl halides is 3. The largest absolute Gasteiger partial charge is 0.416 e. The maximum absolute atomic E-state index is 13.4. The normalized spacial score (nSPS) is 12.3. The Morgan fingerprint density at radius 1 is 1.38 bits per heavy atom. The van der Waals surface area contributed by atoms with E-state index in [1.807, 2.05) is 0 Å². The molecule has 1 aromatic heterocycles. The van der Waals surface area contributed by atoms with Crippen molar-refractivity contribution in [1.82, 2.24) is 4.98 Å². The molecule has 0 aliphatic heterocycles. The number of benzene rings is 1. The van der Waals surface area contributed by atoms with Gasteiger partial charge in [-0.05, 0) is 18.6 Å². The van der Waals surface area contributed by atoms with Gasteiger partial charge in [0.1, 0.15) is 5.82 Å². The number of rotatable bonds is 0. The molecule has 2 rings (SSSR count). The second-order valence-corrected chi connectivity index (χ2v) is 4.29. The quantitative estimate of drug-likeness (QED) is 0.728. The lowest BCUT2D eigenvalue weighted by atomic mass is 10.1. The molecule has 0 amide bonds. The van der Waals surface area contributed by atoms with E-state index in [2.05, 4.69) is 4.98 Å². The summed E-state index contributed by atoms with van der Waals surface area (Å²) in [5, 5.41) is 0.0522. The third-order valence-corrected chi connectivity index (χ3v) is 3.09. The van der Waals surface area contributed by atoms with Gasteiger partial charge >= 0.3 is 6.18 Å². The van der Waals surface area contributed by atoms with Gasteiger partial charge in [-0.15, -0.1) is 0 Å². The average Bonchev–Trinajstić information content (AvgIpc) is 2.52. The summed E-state index contributed by atoms with van der Waals surface area (Å²) in [6.45, 7) is 1.25. The van der Waals surface area contributed by atoms with Crippen molar-refractivity contribution in [1.29, 1.82) is 0 Å². The van der Waals surface area contributed by atoms with E-state index < -0.39 is 17.6 Å². The molecule has 1 heterocycles. The van der Waals surface area contributed by atoms with Gasteiger partial charge in [0.05, 0.1) is 15.8 Å². The third kappa shape index (κ3) is 1.60. The number of hydrogen-bond acceptors (Lipinski definition) is 3. The lowest BCUT2D eigenvalue weighted by molar-refractivity contribution is -0.138. The minimum Gasteiger partial charge on any atom is -0.375 e. The van der Waals surface area contributed by atoms with Crippen molar-refractivity contribution in [2.24, 2.45) is 0 Å². The summed E-state index contributed by atoms with van der Waals surface area (Å²) < 4.78 is 51.1. The SMILES string of the molecule is Cc1c(C(F)(F)F)cc(F)c2sc(N)nc12. The first-order chi connectivity index (χ1) is 7.30. The van der Waals surface area contributed by atoms with Gasteiger partial charge in [0, 0.05) is 0 Å². The van der Waals surface area contributed by atoms with Gasteiger partial charge in [-0.25, -0.2) is 9.37 Å². The van der Waals surface area contributed by atoms with Crippen LogP contribution in [-0.4, -0.2) is 4.98 Å². The van der Waals surface area contributed by atoms with Gasteiger partial charge in [0.2, 0.25) is 0 Å². The third-order valence-electron chi connectivity index (χ3n) is 2.20. The van der Waals surface area contributed by atoms with E-state index in [-0.39, 0.29) is 20.9 Å². The van der Waals surface area contributed by atoms with E-state index in [0.29, 0.717) is 6.07 Å². The number of halogens is 4. The molecule has 0 radical (unpaired) electrons. The number of nitrogens with zero attached hydrogens (tertiary/aromatic N) is 1. The Morgan fingerprint density at radius 3 is 2.56 bits per heavy atom. The molecular weight excluding hydrogens is 244 g/mol. The molecule has 0 aliphatic carbocycles. The van der Waals surface area contributed by atoms with Crippen LogP contribution < -0.4 is 5.73 Å². The Balaban J connectivity index is 2.85. The van der Waals surface area contributed by atoms with E-state index in [1.165, 1.54) is 6.92 Å². The zero-order valence-corrected chi connectivity index (χ0v) is 8.84. The van der Waals surface area contributed by atoms with Gasteiger partial charge in [-0.1, -0.05) is 11.3 Å². The van der Waals surface area contributed by atoms with Crippen molar-refractivity contribution in [2.75, 3.05) is 5.73 Å². The van der Waals surface area contributed by atoms with Crippen LogP contribution in [0.25, 0.3) is 10.2 Å². The Kier molecular flexibility index (Phi) is 2.30. The van der Waals surface area contributed by atoms with Gasteiger partial charge in [0.15, 0.2) is 5.13 Å².